The van der Waals surface area contributed by atoms with Crippen molar-refractivity contribution >= 4 is 11.5 Å². The Labute approximate surface area is 264 Å². The van der Waals surface area contributed by atoms with Gasteiger partial charge in [0.2, 0.25) is 0 Å². The minimum Gasteiger partial charge on any atom is -0.336 e. The van der Waals surface area contributed by atoms with E-state index in [1.165, 1.54) is 22.3 Å². The maximum absolute atomic E-state index is 14.0. The molecule has 1 unspecified atom stereocenters. The molecule has 1 heterocycles. The number of benzene rings is 2. The second kappa shape index (κ2) is 20.4. The normalized spacial score (nSPS) is 14.8. The van der Waals surface area contributed by atoms with Gasteiger partial charge in [-0.3, -0.25) is 4.79 Å². The van der Waals surface area contributed by atoms with Crippen LogP contribution in [0.15, 0.2) is 71.8 Å². The van der Waals surface area contributed by atoms with E-state index in [0.29, 0.717) is 11.8 Å². The highest BCUT2D eigenvalue weighted by Gasteiger charge is 2.28. The summed E-state index contributed by atoms with van der Waals surface area (Å²) >= 11 is 0. The van der Waals surface area contributed by atoms with E-state index >= 15 is 0 Å². The Morgan fingerprint density at radius 3 is 2.00 bits per heavy atom. The number of hydrogen-bond donors (Lipinski definition) is 0. The lowest BCUT2D eigenvalue weighted by Gasteiger charge is -2.34. The fourth-order valence-corrected chi connectivity index (χ4v) is 5.21. The number of amides is 1. The first-order valence-corrected chi connectivity index (χ1v) is 15.9. The van der Waals surface area contributed by atoms with Gasteiger partial charge < -0.3 is 9.80 Å². The van der Waals surface area contributed by atoms with Crippen LogP contribution in [0.2, 0.25) is 0 Å². The molecule has 3 rings (SSSR count). The fraction of sp³-hybridized carbons (Fsp3) is 0.475. The lowest BCUT2D eigenvalue weighted by molar-refractivity contribution is -0.129. The molecule has 0 bridgehead atoms. The van der Waals surface area contributed by atoms with Crippen molar-refractivity contribution in [1.82, 2.24) is 9.80 Å². The Morgan fingerprint density at radius 2 is 1.51 bits per heavy atom. The van der Waals surface area contributed by atoms with Crippen LogP contribution >= 0.6 is 0 Å². The zero-order valence-corrected chi connectivity index (χ0v) is 28.4. The predicted molar refractivity (Wildman–Crippen MR) is 188 cm³/mol. The second-order valence-corrected chi connectivity index (χ2v) is 12.0. The summed E-state index contributed by atoms with van der Waals surface area (Å²) in [6, 6.07) is 18.9. The van der Waals surface area contributed by atoms with Gasteiger partial charge in [0.15, 0.2) is 0 Å². The molecule has 0 radical (unpaired) electrons. The molecule has 0 aromatic heterocycles. The Balaban J connectivity index is 0.000000883. The molecule has 1 fully saturated rings. The molecule has 0 N–H and O–H groups in total. The van der Waals surface area contributed by atoms with Crippen molar-refractivity contribution in [3.63, 3.8) is 0 Å². The van der Waals surface area contributed by atoms with Crippen molar-refractivity contribution in [1.29, 1.82) is 0 Å². The molecule has 2 aromatic rings. The van der Waals surface area contributed by atoms with Crippen LogP contribution in [0.5, 0.6) is 0 Å². The average Bonchev–Trinajstić information content (AvgIpc) is 3.00. The number of hydrogen-bond acceptors (Lipinski definition) is 2. The quantitative estimate of drug-likeness (QED) is 0.177. The molecular weight excluding hydrogens is 524 g/mol. The van der Waals surface area contributed by atoms with Crippen molar-refractivity contribution in [2.45, 2.75) is 80.6 Å². The van der Waals surface area contributed by atoms with Crippen molar-refractivity contribution in [3.8, 4) is 24.7 Å². The molecule has 43 heavy (non-hydrogen) atoms. The molecule has 0 saturated carbocycles. The Bertz CT molecular complexity index is 1250. The van der Waals surface area contributed by atoms with Crippen LogP contribution in [-0.2, 0) is 4.79 Å². The van der Waals surface area contributed by atoms with Gasteiger partial charge in [-0.25, -0.2) is 0 Å². The van der Waals surface area contributed by atoms with Gasteiger partial charge in [0, 0.05) is 38.2 Å². The van der Waals surface area contributed by atoms with E-state index in [1.54, 1.807) is 0 Å². The maximum Gasteiger partial charge on any atom is 0.251 e. The first-order chi connectivity index (χ1) is 20.6. The summed E-state index contributed by atoms with van der Waals surface area (Å²) in [6.07, 6.45) is 12.8. The molecule has 1 atom stereocenters. The van der Waals surface area contributed by atoms with E-state index in [1.807, 2.05) is 18.2 Å². The first kappa shape index (κ1) is 37.5. The van der Waals surface area contributed by atoms with E-state index in [4.69, 9.17) is 0 Å². The summed E-state index contributed by atoms with van der Waals surface area (Å²) in [5.41, 5.74) is 7.25. The van der Waals surface area contributed by atoms with Crippen molar-refractivity contribution in [3.05, 3.63) is 88.5 Å². The SMILES string of the molecule is C#C.CCC#CC(CC)/C(C(=O)N1CCN(C)CC1)=C(\C=C(/C)c1ccccc1C(C)C)CC(C)C.Cc1ccccc1. The lowest BCUT2D eigenvalue weighted by atomic mass is 9.85. The van der Waals surface area contributed by atoms with Crippen LogP contribution in [-0.4, -0.2) is 48.9 Å². The van der Waals surface area contributed by atoms with Crippen molar-refractivity contribution in [2.24, 2.45) is 11.8 Å². The number of piperazine rings is 1. The minimum absolute atomic E-state index is 0.0368. The number of carbonyl (C=O) groups is 1. The number of carbonyl (C=O) groups excluding carboxylic acids is 1. The zero-order chi connectivity index (χ0) is 32.4. The van der Waals surface area contributed by atoms with Gasteiger partial charge in [-0.15, -0.1) is 18.8 Å². The van der Waals surface area contributed by atoms with Gasteiger partial charge in [-0.1, -0.05) is 114 Å². The molecule has 1 amide bonds. The Morgan fingerprint density at radius 1 is 0.930 bits per heavy atom. The monoisotopic (exact) mass is 580 g/mol. The van der Waals surface area contributed by atoms with Crippen molar-refractivity contribution < 1.29 is 4.79 Å². The average molecular weight is 581 g/mol. The topological polar surface area (TPSA) is 23.6 Å². The highest BCUT2D eigenvalue weighted by Crippen LogP contribution is 2.31. The molecule has 1 saturated heterocycles. The highest BCUT2D eigenvalue weighted by molar-refractivity contribution is 5.96. The number of rotatable bonds is 8. The molecule has 1 aliphatic heterocycles. The van der Waals surface area contributed by atoms with Gasteiger partial charge in [0.25, 0.3) is 5.91 Å². The first-order valence-electron chi connectivity index (χ1n) is 15.9. The standard InChI is InChI=1S/C31H46N2O.C7H8.C2H2/c1-9-11-14-26(10-2)30(31(34)33-19-17-32(8)18-20-33)27(21-23(3)4)22-25(7)29-16-13-12-15-28(29)24(5)6;1-7-5-3-2-4-6-7;1-2/h12-13,15-16,22-24,26H,9-10,17-21H2,1-8H3;2-6H,1H3;1-2H/b25-22+,30-27+;;. The number of terminal acetylenes is 1. The molecule has 2 aromatic carbocycles. The number of aryl methyl sites for hydroxylation is 1. The molecule has 3 heteroatoms. The summed E-state index contributed by atoms with van der Waals surface area (Å²) in [4.78, 5) is 18.4. The number of allylic oxidation sites excluding steroid dienone is 3. The summed E-state index contributed by atoms with van der Waals surface area (Å²) < 4.78 is 0. The van der Waals surface area contributed by atoms with E-state index in [9.17, 15) is 4.79 Å². The number of likely N-dealkylation sites (N-methyl/N-ethyl adjacent to an activating group) is 1. The van der Waals surface area contributed by atoms with Gasteiger partial charge >= 0.3 is 0 Å². The molecule has 0 aliphatic carbocycles. The van der Waals surface area contributed by atoms with E-state index in [-0.39, 0.29) is 11.8 Å². The fourth-order valence-electron chi connectivity index (χ4n) is 5.21. The van der Waals surface area contributed by atoms with Gasteiger partial charge in [0.1, 0.15) is 0 Å². The third-order valence-corrected chi connectivity index (χ3v) is 7.54. The summed E-state index contributed by atoms with van der Waals surface area (Å²) in [7, 11) is 2.13. The lowest BCUT2D eigenvalue weighted by Crippen LogP contribution is -2.48. The molecular formula is C40H56N2O. The highest BCUT2D eigenvalue weighted by atomic mass is 16.2. The number of nitrogens with zero attached hydrogens (tertiary/aromatic N) is 2. The molecule has 0 spiro atoms. The smallest absolute Gasteiger partial charge is 0.251 e. The minimum atomic E-state index is -0.0368. The van der Waals surface area contributed by atoms with Gasteiger partial charge in [-0.2, -0.15) is 0 Å². The Hall–Kier alpha value is -3.53. The van der Waals surface area contributed by atoms with Crippen LogP contribution in [0, 0.1) is 43.4 Å². The third kappa shape index (κ3) is 12.7. The van der Waals surface area contributed by atoms with Crippen LogP contribution in [0.4, 0.5) is 0 Å². The van der Waals surface area contributed by atoms with Gasteiger partial charge in [0.05, 0.1) is 5.92 Å². The van der Waals surface area contributed by atoms with Gasteiger partial charge in [-0.05, 0) is 67.8 Å². The Kier molecular flexibility index (Phi) is 17.8. The van der Waals surface area contributed by atoms with Crippen molar-refractivity contribution in [2.75, 3.05) is 33.2 Å². The van der Waals surface area contributed by atoms with Crippen LogP contribution < -0.4 is 0 Å². The molecule has 1 aliphatic rings. The predicted octanol–water partition coefficient (Wildman–Crippen LogP) is 9.01. The third-order valence-electron chi connectivity index (χ3n) is 7.54. The summed E-state index contributed by atoms with van der Waals surface area (Å²) in [6.45, 7) is 20.9. The van der Waals surface area contributed by atoms with Crippen LogP contribution in [0.3, 0.4) is 0 Å². The maximum atomic E-state index is 14.0. The van der Waals surface area contributed by atoms with E-state index in [0.717, 1.165) is 56.6 Å². The zero-order valence-electron chi connectivity index (χ0n) is 28.4. The largest absolute Gasteiger partial charge is 0.336 e. The summed E-state index contributed by atoms with van der Waals surface area (Å²) in [5.74, 6) is 7.77. The molecule has 232 valence electrons. The van der Waals surface area contributed by atoms with E-state index < -0.39 is 0 Å². The van der Waals surface area contributed by atoms with E-state index in [2.05, 4.69) is 139 Å². The molecule has 3 nitrogen and oxygen atoms in total. The van der Waals surface area contributed by atoms with Crippen LogP contribution in [0.25, 0.3) is 5.57 Å². The second-order valence-electron chi connectivity index (χ2n) is 12.0. The van der Waals surface area contributed by atoms with Crippen LogP contribution in [0.1, 0.15) is 90.3 Å². The summed E-state index contributed by atoms with van der Waals surface area (Å²) in [5, 5.41) is 0.